The average molecular weight is 282 g/mol. The molecular formula is C18H18OS. The van der Waals surface area contributed by atoms with Crippen LogP contribution < -0.4 is 0 Å². The maximum atomic E-state index is 12.6. The molecule has 0 spiro atoms. The summed E-state index contributed by atoms with van der Waals surface area (Å²) in [5.74, 6) is 6.32. The number of benzene rings is 2. The van der Waals surface area contributed by atoms with Crippen LogP contribution in [-0.2, 0) is 10.8 Å². The van der Waals surface area contributed by atoms with Crippen LogP contribution in [-0.4, -0.2) is 4.21 Å². The molecule has 102 valence electrons. The van der Waals surface area contributed by atoms with Crippen molar-refractivity contribution in [1.82, 2.24) is 0 Å². The first kappa shape index (κ1) is 14.6. The zero-order valence-electron chi connectivity index (χ0n) is 11.6. The number of unbranched alkanes of at least 4 members (excludes halogenated alkanes) is 2. The van der Waals surface area contributed by atoms with Crippen molar-refractivity contribution in [2.45, 2.75) is 36.0 Å². The Kier molecular flexibility index (Phi) is 5.58. The first-order valence-electron chi connectivity index (χ1n) is 6.87. The third-order valence-electron chi connectivity index (χ3n) is 2.92. The molecule has 0 radical (unpaired) electrons. The van der Waals surface area contributed by atoms with Crippen molar-refractivity contribution in [3.8, 4) is 11.8 Å². The van der Waals surface area contributed by atoms with E-state index in [0.29, 0.717) is 0 Å². The van der Waals surface area contributed by atoms with Gasteiger partial charge in [0.15, 0.2) is 0 Å². The van der Waals surface area contributed by atoms with Crippen LogP contribution in [0, 0.1) is 11.8 Å². The SMILES string of the molecule is CCCCC#Cc1ccccc1S(=O)c1ccccc1. The largest absolute Gasteiger partial charge is 0.249 e. The van der Waals surface area contributed by atoms with E-state index in [1.807, 2.05) is 54.6 Å². The van der Waals surface area contributed by atoms with Gasteiger partial charge in [0.05, 0.1) is 15.7 Å². The summed E-state index contributed by atoms with van der Waals surface area (Å²) in [6.45, 7) is 2.15. The van der Waals surface area contributed by atoms with Crippen LogP contribution in [0.2, 0.25) is 0 Å². The first-order valence-corrected chi connectivity index (χ1v) is 8.02. The van der Waals surface area contributed by atoms with E-state index in [9.17, 15) is 4.21 Å². The third kappa shape index (κ3) is 3.82. The van der Waals surface area contributed by atoms with Gasteiger partial charge < -0.3 is 0 Å². The van der Waals surface area contributed by atoms with Crippen LogP contribution >= 0.6 is 0 Å². The molecule has 0 saturated heterocycles. The Balaban J connectivity index is 2.27. The Bertz CT molecular complexity index is 635. The summed E-state index contributed by atoms with van der Waals surface area (Å²) < 4.78 is 12.6. The Morgan fingerprint density at radius 2 is 1.70 bits per heavy atom. The zero-order valence-corrected chi connectivity index (χ0v) is 12.5. The van der Waals surface area contributed by atoms with Crippen LogP contribution in [0.1, 0.15) is 31.7 Å². The predicted octanol–water partition coefficient (Wildman–Crippen LogP) is 4.40. The fraction of sp³-hybridized carbons (Fsp3) is 0.222. The second kappa shape index (κ2) is 7.67. The highest BCUT2D eigenvalue weighted by Gasteiger charge is 2.09. The summed E-state index contributed by atoms with van der Waals surface area (Å²) in [7, 11) is -1.17. The monoisotopic (exact) mass is 282 g/mol. The number of hydrogen-bond acceptors (Lipinski definition) is 1. The summed E-state index contributed by atoms with van der Waals surface area (Å²) in [6, 6.07) is 17.2. The Morgan fingerprint density at radius 3 is 2.45 bits per heavy atom. The predicted molar refractivity (Wildman–Crippen MR) is 84.0 cm³/mol. The summed E-state index contributed by atoms with van der Waals surface area (Å²) in [5.41, 5.74) is 0.866. The minimum absolute atomic E-state index is 0.794. The van der Waals surface area contributed by atoms with Gasteiger partial charge in [-0.2, -0.15) is 0 Å². The molecule has 2 aromatic carbocycles. The van der Waals surface area contributed by atoms with Crippen LogP contribution in [0.25, 0.3) is 0 Å². The Morgan fingerprint density at radius 1 is 1.00 bits per heavy atom. The van der Waals surface area contributed by atoms with Crippen molar-refractivity contribution < 1.29 is 4.21 Å². The van der Waals surface area contributed by atoms with E-state index in [4.69, 9.17) is 0 Å². The number of rotatable bonds is 4. The molecule has 2 aromatic rings. The smallest absolute Gasteiger partial charge is 0.0862 e. The summed E-state index contributed by atoms with van der Waals surface area (Å²) in [5, 5.41) is 0. The maximum absolute atomic E-state index is 12.6. The first-order chi connectivity index (χ1) is 9.83. The molecule has 0 bridgehead atoms. The lowest BCUT2D eigenvalue weighted by atomic mass is 10.2. The van der Waals surface area contributed by atoms with Gasteiger partial charge in [0.1, 0.15) is 0 Å². The third-order valence-corrected chi connectivity index (χ3v) is 4.38. The van der Waals surface area contributed by atoms with Gasteiger partial charge in [-0.25, -0.2) is 4.21 Å². The highest BCUT2D eigenvalue weighted by Crippen LogP contribution is 2.19. The van der Waals surface area contributed by atoms with Crippen LogP contribution in [0.15, 0.2) is 64.4 Å². The average Bonchev–Trinajstić information content (AvgIpc) is 2.52. The van der Waals surface area contributed by atoms with Gasteiger partial charge in [-0.05, 0) is 30.7 Å². The summed E-state index contributed by atoms with van der Waals surface area (Å²) in [6.07, 6.45) is 3.14. The van der Waals surface area contributed by atoms with Crippen molar-refractivity contribution in [1.29, 1.82) is 0 Å². The van der Waals surface area contributed by atoms with E-state index in [0.717, 1.165) is 34.6 Å². The molecule has 0 aromatic heterocycles. The van der Waals surface area contributed by atoms with Gasteiger partial charge in [0, 0.05) is 16.9 Å². The molecule has 0 aliphatic carbocycles. The van der Waals surface area contributed by atoms with E-state index in [1.54, 1.807) is 0 Å². The van der Waals surface area contributed by atoms with Gasteiger partial charge in [-0.15, -0.1) is 0 Å². The minimum atomic E-state index is -1.17. The molecular weight excluding hydrogens is 264 g/mol. The number of hydrogen-bond donors (Lipinski definition) is 0. The molecule has 0 aliphatic rings. The standard InChI is InChI=1S/C18H18OS/c1-2-3-4-6-11-16-12-9-10-15-18(16)20(19)17-13-7-5-8-14-17/h5,7-10,12-15H,2-4H2,1H3. The molecule has 1 atom stereocenters. The molecule has 0 aliphatic heterocycles. The normalized spacial score (nSPS) is 11.4. The molecule has 1 nitrogen and oxygen atoms in total. The highest BCUT2D eigenvalue weighted by atomic mass is 32.2. The topological polar surface area (TPSA) is 17.1 Å². The highest BCUT2D eigenvalue weighted by molar-refractivity contribution is 7.85. The van der Waals surface area contributed by atoms with Gasteiger partial charge >= 0.3 is 0 Å². The Hall–Kier alpha value is -1.85. The van der Waals surface area contributed by atoms with Crippen LogP contribution in [0.5, 0.6) is 0 Å². The summed E-state index contributed by atoms with van der Waals surface area (Å²) in [4.78, 5) is 1.61. The van der Waals surface area contributed by atoms with E-state index < -0.39 is 10.8 Å². The van der Waals surface area contributed by atoms with E-state index in [-0.39, 0.29) is 0 Å². The molecule has 0 saturated carbocycles. The van der Waals surface area contributed by atoms with E-state index in [2.05, 4.69) is 18.8 Å². The van der Waals surface area contributed by atoms with Crippen molar-refractivity contribution in [2.75, 3.05) is 0 Å². The fourth-order valence-electron chi connectivity index (χ4n) is 1.83. The Labute approximate surface area is 123 Å². The lowest BCUT2D eigenvalue weighted by Crippen LogP contribution is -1.95. The minimum Gasteiger partial charge on any atom is -0.249 e. The molecule has 20 heavy (non-hydrogen) atoms. The lowest BCUT2D eigenvalue weighted by molar-refractivity contribution is 0.683. The lowest BCUT2D eigenvalue weighted by Gasteiger charge is -2.04. The molecule has 0 amide bonds. The van der Waals surface area contributed by atoms with Crippen molar-refractivity contribution in [3.05, 3.63) is 60.2 Å². The van der Waals surface area contributed by atoms with Crippen LogP contribution in [0.4, 0.5) is 0 Å². The maximum Gasteiger partial charge on any atom is 0.0862 e. The van der Waals surface area contributed by atoms with Crippen molar-refractivity contribution >= 4 is 10.8 Å². The fourth-order valence-corrected chi connectivity index (χ4v) is 3.00. The molecule has 2 heteroatoms. The zero-order chi connectivity index (χ0) is 14.2. The molecule has 0 heterocycles. The van der Waals surface area contributed by atoms with Gasteiger partial charge in [-0.3, -0.25) is 0 Å². The van der Waals surface area contributed by atoms with Crippen molar-refractivity contribution in [2.24, 2.45) is 0 Å². The molecule has 1 unspecified atom stereocenters. The second-order valence-corrected chi connectivity index (χ2v) is 5.93. The van der Waals surface area contributed by atoms with Gasteiger partial charge in [0.2, 0.25) is 0 Å². The summed E-state index contributed by atoms with van der Waals surface area (Å²) >= 11 is 0. The van der Waals surface area contributed by atoms with Crippen LogP contribution in [0.3, 0.4) is 0 Å². The van der Waals surface area contributed by atoms with Crippen molar-refractivity contribution in [3.63, 3.8) is 0 Å². The molecule has 2 rings (SSSR count). The van der Waals surface area contributed by atoms with E-state index in [1.165, 1.54) is 0 Å². The molecule has 0 fully saturated rings. The van der Waals surface area contributed by atoms with Gasteiger partial charge in [-0.1, -0.05) is 55.5 Å². The van der Waals surface area contributed by atoms with Gasteiger partial charge in [0.25, 0.3) is 0 Å². The molecule has 0 N–H and O–H groups in total. The quantitative estimate of drug-likeness (QED) is 0.600. The second-order valence-electron chi connectivity index (χ2n) is 4.48. The van der Waals surface area contributed by atoms with E-state index >= 15 is 0 Å².